The molecule has 1 aliphatic rings. The van der Waals surface area contributed by atoms with Gasteiger partial charge in [-0.25, -0.2) is 8.42 Å². The zero-order valence-corrected chi connectivity index (χ0v) is 12.6. The van der Waals surface area contributed by atoms with Crippen LogP contribution in [0.1, 0.15) is 18.9 Å². The molecule has 1 heterocycles. The van der Waals surface area contributed by atoms with Crippen LogP contribution >= 0.6 is 23.2 Å². The van der Waals surface area contributed by atoms with Crippen molar-refractivity contribution in [3.8, 4) is 0 Å². The van der Waals surface area contributed by atoms with E-state index < -0.39 is 15.4 Å². The molecular weight excluding hydrogens is 309 g/mol. The number of hydrogen-bond acceptors (Lipinski definition) is 4. The van der Waals surface area contributed by atoms with E-state index in [1.807, 2.05) is 0 Å². The quantitative estimate of drug-likeness (QED) is 0.804. The number of nitrogens with zero attached hydrogens (tertiary/aromatic N) is 1. The summed E-state index contributed by atoms with van der Waals surface area (Å²) in [5.41, 5.74) is -0.198. The molecule has 0 N–H and O–H groups in total. The number of alkyl halides is 1. The zero-order chi connectivity index (χ0) is 14.1. The van der Waals surface area contributed by atoms with Gasteiger partial charge in [0.2, 0.25) is 0 Å². The second-order valence-corrected chi connectivity index (χ2v) is 7.35. The smallest absolute Gasteiger partial charge is 0.199 e. The van der Waals surface area contributed by atoms with Crippen LogP contribution in [0.5, 0.6) is 0 Å². The summed E-state index contributed by atoms with van der Waals surface area (Å²) in [6.07, 6.45) is 0.184. The van der Waals surface area contributed by atoms with Crippen LogP contribution < -0.4 is 0 Å². The largest absolute Gasteiger partial charge is 0.387 e. The summed E-state index contributed by atoms with van der Waals surface area (Å²) in [5.74, 6) is -0.00511. The van der Waals surface area contributed by atoms with E-state index in [9.17, 15) is 8.42 Å². The zero-order valence-electron chi connectivity index (χ0n) is 10.3. The summed E-state index contributed by atoms with van der Waals surface area (Å²) in [7, 11) is -3.53. The molecule has 1 aromatic carbocycles. The Hall–Kier alpha value is -0.780. The molecule has 0 bridgehead atoms. The lowest BCUT2D eigenvalue weighted by atomic mass is 10.1. The fourth-order valence-corrected chi connectivity index (χ4v) is 3.62. The minimum absolute atomic E-state index is 0.0237. The van der Waals surface area contributed by atoms with Crippen molar-refractivity contribution in [3.05, 3.63) is 34.9 Å². The number of sulfone groups is 1. The number of rotatable bonds is 3. The lowest BCUT2D eigenvalue weighted by molar-refractivity contribution is 0.0152. The minimum atomic E-state index is -3.53. The first kappa shape index (κ1) is 14.6. The van der Waals surface area contributed by atoms with E-state index in [-0.39, 0.29) is 23.1 Å². The third-order valence-corrected chi connectivity index (χ3v) is 5.40. The maximum atomic E-state index is 12.2. The molecule has 1 unspecified atom stereocenters. The third-order valence-electron chi connectivity index (χ3n) is 2.84. The number of halogens is 2. The molecule has 0 spiro atoms. The van der Waals surface area contributed by atoms with Gasteiger partial charge in [0, 0.05) is 11.4 Å². The molecule has 7 heteroatoms. The molecule has 1 aromatic rings. The van der Waals surface area contributed by atoms with Crippen LogP contribution in [0.3, 0.4) is 0 Å². The topological polar surface area (TPSA) is 55.7 Å². The van der Waals surface area contributed by atoms with Gasteiger partial charge in [0.05, 0.1) is 11.6 Å². The Labute approximate surface area is 122 Å². The molecule has 1 atom stereocenters. The lowest BCUT2D eigenvalue weighted by Gasteiger charge is -2.16. The summed E-state index contributed by atoms with van der Waals surface area (Å²) < 4.78 is 24.5. The summed E-state index contributed by atoms with van der Waals surface area (Å²) >= 11 is 11.7. The molecule has 1 aliphatic heterocycles. The summed E-state index contributed by atoms with van der Waals surface area (Å²) in [4.78, 5) is 5.10. The lowest BCUT2D eigenvalue weighted by Crippen LogP contribution is -2.28. The van der Waals surface area contributed by atoms with Gasteiger partial charge in [-0.15, -0.1) is 11.6 Å². The van der Waals surface area contributed by atoms with E-state index >= 15 is 0 Å². The average Bonchev–Trinajstić information content (AvgIpc) is 2.76. The molecule has 19 heavy (non-hydrogen) atoms. The van der Waals surface area contributed by atoms with Gasteiger partial charge in [-0.3, -0.25) is 0 Å². The minimum Gasteiger partial charge on any atom is -0.387 e. The van der Waals surface area contributed by atoms with Gasteiger partial charge < -0.3 is 4.84 Å². The van der Waals surface area contributed by atoms with Crippen LogP contribution in [-0.2, 0) is 20.4 Å². The molecule has 0 saturated carbocycles. The van der Waals surface area contributed by atoms with Crippen molar-refractivity contribution in [1.82, 2.24) is 0 Å². The Morgan fingerprint density at radius 3 is 2.68 bits per heavy atom. The maximum Gasteiger partial charge on any atom is 0.199 e. The van der Waals surface area contributed by atoms with Gasteiger partial charge in [-0.2, -0.15) is 0 Å². The number of oxime groups is 1. The summed E-state index contributed by atoms with van der Waals surface area (Å²) in [6, 6.07) is 6.82. The fourth-order valence-electron chi connectivity index (χ4n) is 1.69. The van der Waals surface area contributed by atoms with Crippen LogP contribution in [0.4, 0.5) is 0 Å². The predicted octanol–water partition coefficient (Wildman–Crippen LogP) is 2.99. The fraction of sp³-hybridized carbons (Fsp3) is 0.417. The molecule has 104 valence electrons. The molecule has 2 rings (SSSR count). The average molecular weight is 322 g/mol. The molecule has 0 aliphatic carbocycles. The van der Waals surface area contributed by atoms with E-state index in [2.05, 4.69) is 5.16 Å². The SMILES string of the molecule is CC1(CCl)CC(S(=O)(=O)Cc2ccccc2Cl)=NO1. The maximum absolute atomic E-state index is 12.2. The van der Waals surface area contributed by atoms with Gasteiger partial charge in [-0.1, -0.05) is 35.0 Å². The highest BCUT2D eigenvalue weighted by atomic mass is 35.5. The van der Waals surface area contributed by atoms with E-state index in [1.54, 1.807) is 31.2 Å². The summed E-state index contributed by atoms with van der Waals surface area (Å²) in [5, 5.41) is 4.10. The van der Waals surface area contributed by atoms with Crippen LogP contribution in [0.2, 0.25) is 5.02 Å². The van der Waals surface area contributed by atoms with Crippen molar-refractivity contribution in [1.29, 1.82) is 0 Å². The van der Waals surface area contributed by atoms with E-state index in [0.29, 0.717) is 10.6 Å². The first-order valence-electron chi connectivity index (χ1n) is 5.63. The predicted molar refractivity (Wildman–Crippen MR) is 76.3 cm³/mol. The molecule has 4 nitrogen and oxygen atoms in total. The molecule has 0 aromatic heterocycles. The Kier molecular flexibility index (Phi) is 4.08. The Morgan fingerprint density at radius 2 is 2.11 bits per heavy atom. The molecule has 0 fully saturated rings. The van der Waals surface area contributed by atoms with Crippen molar-refractivity contribution in [3.63, 3.8) is 0 Å². The Morgan fingerprint density at radius 1 is 1.42 bits per heavy atom. The number of hydrogen-bond donors (Lipinski definition) is 0. The monoisotopic (exact) mass is 321 g/mol. The normalized spacial score (nSPS) is 23.0. The van der Waals surface area contributed by atoms with Crippen molar-refractivity contribution < 1.29 is 13.3 Å². The highest BCUT2D eigenvalue weighted by molar-refractivity contribution is 8.05. The molecule has 0 amide bonds. The van der Waals surface area contributed by atoms with Crippen LogP contribution in [0, 0.1) is 0 Å². The van der Waals surface area contributed by atoms with Crippen molar-refractivity contribution in [2.45, 2.75) is 24.7 Å². The van der Waals surface area contributed by atoms with Crippen molar-refractivity contribution in [2.24, 2.45) is 5.16 Å². The van der Waals surface area contributed by atoms with Gasteiger partial charge in [0.25, 0.3) is 0 Å². The van der Waals surface area contributed by atoms with E-state index in [1.165, 1.54) is 0 Å². The highest BCUT2D eigenvalue weighted by Gasteiger charge is 2.39. The van der Waals surface area contributed by atoms with Crippen molar-refractivity contribution >= 4 is 38.1 Å². The third kappa shape index (κ3) is 3.22. The van der Waals surface area contributed by atoms with Gasteiger partial charge >= 0.3 is 0 Å². The van der Waals surface area contributed by atoms with Crippen LogP contribution in [-0.4, -0.2) is 24.9 Å². The first-order chi connectivity index (χ1) is 8.86. The Balaban J connectivity index is 2.19. The van der Waals surface area contributed by atoms with E-state index in [4.69, 9.17) is 28.0 Å². The highest BCUT2D eigenvalue weighted by Crippen LogP contribution is 2.28. The second kappa shape index (κ2) is 5.31. The molecular formula is C12H13Cl2NO3S. The van der Waals surface area contributed by atoms with E-state index in [0.717, 1.165) is 0 Å². The standard InChI is InChI=1S/C12H13Cl2NO3S/c1-12(8-13)6-11(15-18-12)19(16,17)7-9-4-2-3-5-10(9)14/h2-5H,6-8H2,1H3. The van der Waals surface area contributed by atoms with Crippen molar-refractivity contribution in [2.75, 3.05) is 5.88 Å². The molecule has 0 radical (unpaired) electrons. The van der Waals surface area contributed by atoms with Gasteiger partial charge in [0.1, 0.15) is 0 Å². The Bertz CT molecular complexity index is 615. The van der Waals surface area contributed by atoms with Gasteiger partial charge in [-0.05, 0) is 18.6 Å². The van der Waals surface area contributed by atoms with Crippen LogP contribution in [0.25, 0.3) is 0 Å². The number of benzene rings is 1. The summed E-state index contributed by atoms with van der Waals surface area (Å²) in [6.45, 7) is 1.72. The molecule has 0 saturated heterocycles. The van der Waals surface area contributed by atoms with Crippen LogP contribution in [0.15, 0.2) is 29.4 Å². The second-order valence-electron chi connectivity index (χ2n) is 4.69. The first-order valence-corrected chi connectivity index (χ1v) is 8.20. The van der Waals surface area contributed by atoms with Gasteiger partial charge in [0.15, 0.2) is 20.5 Å².